The van der Waals surface area contributed by atoms with E-state index in [9.17, 15) is 19.0 Å². The highest BCUT2D eigenvalue weighted by atomic mass is 31.2. The number of quaternary nitrogens is 1. The minimum atomic E-state index is -4.65. The second kappa shape index (κ2) is 62.2. The van der Waals surface area contributed by atoms with Crippen LogP contribution in [0.1, 0.15) is 284 Å². The number of hydrogen-bond acceptors (Lipinski definition) is 8. The predicted octanol–water partition coefficient (Wildman–Crippen LogP) is 21.1. The number of rotatable bonds is 61. The number of hydrogen-bond donors (Lipinski definition) is 0. The zero-order chi connectivity index (χ0) is 59.8. The number of likely N-dealkylation sites (N-methyl/N-ethyl adjacent to an activating group) is 1. The summed E-state index contributed by atoms with van der Waals surface area (Å²) in [6.07, 6.45) is 87.3. The van der Waals surface area contributed by atoms with E-state index in [-0.39, 0.29) is 32.0 Å². The Morgan fingerprint density at radius 2 is 0.695 bits per heavy atom. The summed E-state index contributed by atoms with van der Waals surface area (Å²) in [4.78, 5) is 38.0. The van der Waals surface area contributed by atoms with Crippen molar-refractivity contribution in [2.75, 3.05) is 47.5 Å². The van der Waals surface area contributed by atoms with E-state index in [1.165, 1.54) is 141 Å². The number of carbonyl (C=O) groups is 2. The Balaban J connectivity index is 4.15. The molecule has 0 aliphatic carbocycles. The molecule has 0 aliphatic heterocycles. The molecule has 0 radical (unpaired) electrons. The molecule has 0 aliphatic rings. The smallest absolute Gasteiger partial charge is 0.306 e. The van der Waals surface area contributed by atoms with Crippen LogP contribution in [0, 0.1) is 0 Å². The van der Waals surface area contributed by atoms with Crippen molar-refractivity contribution in [3.05, 3.63) is 109 Å². The Labute approximate surface area is 506 Å². The van der Waals surface area contributed by atoms with Gasteiger partial charge < -0.3 is 27.9 Å². The summed E-state index contributed by atoms with van der Waals surface area (Å²) >= 11 is 0. The molecule has 0 N–H and O–H groups in total. The van der Waals surface area contributed by atoms with Crippen LogP contribution >= 0.6 is 7.82 Å². The first-order valence-electron chi connectivity index (χ1n) is 33.6. The molecule has 472 valence electrons. The van der Waals surface area contributed by atoms with Gasteiger partial charge in [-0.3, -0.25) is 14.2 Å². The summed E-state index contributed by atoms with van der Waals surface area (Å²) in [5.41, 5.74) is 0. The fourth-order valence-corrected chi connectivity index (χ4v) is 9.87. The second-order valence-electron chi connectivity index (χ2n) is 23.5. The Morgan fingerprint density at radius 3 is 1.05 bits per heavy atom. The van der Waals surface area contributed by atoms with Crippen LogP contribution in [0.15, 0.2) is 109 Å². The Kier molecular flexibility index (Phi) is 59.7. The minimum Gasteiger partial charge on any atom is -0.756 e. The molecule has 0 spiro atoms. The molecule has 0 amide bonds. The maximum Gasteiger partial charge on any atom is 0.306 e. The lowest BCUT2D eigenvalue weighted by Gasteiger charge is -2.28. The van der Waals surface area contributed by atoms with Crippen molar-refractivity contribution in [3.8, 4) is 0 Å². The quantitative estimate of drug-likeness (QED) is 0.0195. The van der Waals surface area contributed by atoms with Gasteiger partial charge in [-0.15, -0.1) is 0 Å². The number of nitrogens with zero attached hydrogens (tertiary/aromatic N) is 1. The van der Waals surface area contributed by atoms with E-state index in [0.717, 1.165) is 109 Å². The van der Waals surface area contributed by atoms with Crippen molar-refractivity contribution < 1.29 is 42.1 Å². The number of phosphoric acid groups is 1. The maximum atomic E-state index is 12.8. The van der Waals surface area contributed by atoms with Gasteiger partial charge in [-0.05, 0) is 103 Å². The van der Waals surface area contributed by atoms with Gasteiger partial charge in [0.05, 0.1) is 27.7 Å². The molecule has 0 heterocycles. The molecule has 2 atom stereocenters. The van der Waals surface area contributed by atoms with Gasteiger partial charge in [-0.1, -0.05) is 277 Å². The normalized spacial score (nSPS) is 13.9. The Morgan fingerprint density at radius 1 is 0.390 bits per heavy atom. The van der Waals surface area contributed by atoms with E-state index in [1.54, 1.807) is 0 Å². The highest BCUT2D eigenvalue weighted by Crippen LogP contribution is 2.38. The second-order valence-corrected chi connectivity index (χ2v) is 24.9. The first-order chi connectivity index (χ1) is 40.0. The molecule has 0 saturated carbocycles. The number of ether oxygens (including phenoxy) is 2. The first kappa shape index (κ1) is 78.7. The molecule has 0 rings (SSSR count). The van der Waals surface area contributed by atoms with Crippen LogP contribution in [0.4, 0.5) is 0 Å². The van der Waals surface area contributed by atoms with Crippen LogP contribution in [0.25, 0.3) is 0 Å². The number of unbranched alkanes of at least 4 members (excludes halogenated alkanes) is 29. The summed E-state index contributed by atoms with van der Waals surface area (Å²) in [7, 11) is 1.15. The van der Waals surface area contributed by atoms with Crippen LogP contribution in [0.3, 0.4) is 0 Å². The first-order valence-corrected chi connectivity index (χ1v) is 35.1. The number of phosphoric ester groups is 1. The minimum absolute atomic E-state index is 0.0385. The van der Waals surface area contributed by atoms with Crippen molar-refractivity contribution in [3.63, 3.8) is 0 Å². The molecule has 9 nitrogen and oxygen atoms in total. The van der Waals surface area contributed by atoms with Gasteiger partial charge in [0.15, 0.2) is 6.10 Å². The maximum absolute atomic E-state index is 12.8. The van der Waals surface area contributed by atoms with Crippen molar-refractivity contribution in [1.29, 1.82) is 0 Å². The SMILES string of the molecule is CC/C=C\C/C=C\C/C=C\C/C=C\C/C=C\C/C=C\C/C=C\C/C=C\CCCCCCCCC(=O)OC(COC(=O)CCCCCCCCCCCCCCCCC/C=C\CCCCCCCCCC)COP(=O)([O-])OCC[N+](C)(C)C. The van der Waals surface area contributed by atoms with E-state index < -0.39 is 26.5 Å². The van der Waals surface area contributed by atoms with Gasteiger partial charge in [0.1, 0.15) is 19.8 Å². The number of allylic oxidation sites excluding steroid dienone is 18. The molecule has 0 bridgehead atoms. The van der Waals surface area contributed by atoms with Gasteiger partial charge in [-0.2, -0.15) is 0 Å². The third kappa shape index (κ3) is 65.8. The van der Waals surface area contributed by atoms with E-state index in [2.05, 4.69) is 123 Å². The molecule has 82 heavy (non-hydrogen) atoms. The van der Waals surface area contributed by atoms with Gasteiger partial charge in [0, 0.05) is 12.8 Å². The number of carbonyl (C=O) groups excluding carboxylic acids is 2. The average molecular weight is 1160 g/mol. The average Bonchev–Trinajstić information content (AvgIpc) is 3.46. The highest BCUT2D eigenvalue weighted by molar-refractivity contribution is 7.45. The predicted molar refractivity (Wildman–Crippen MR) is 351 cm³/mol. The summed E-state index contributed by atoms with van der Waals surface area (Å²) in [5.74, 6) is -0.848. The van der Waals surface area contributed by atoms with Crippen molar-refractivity contribution in [1.82, 2.24) is 0 Å². The van der Waals surface area contributed by atoms with Crippen LogP contribution in [0.2, 0.25) is 0 Å². The van der Waals surface area contributed by atoms with E-state index in [4.69, 9.17) is 18.5 Å². The third-order valence-corrected chi connectivity index (χ3v) is 15.2. The summed E-state index contributed by atoms with van der Waals surface area (Å²) < 4.78 is 34.3. The van der Waals surface area contributed by atoms with Gasteiger partial charge in [0.2, 0.25) is 0 Å². The topological polar surface area (TPSA) is 111 Å². The van der Waals surface area contributed by atoms with E-state index >= 15 is 0 Å². The van der Waals surface area contributed by atoms with Crippen LogP contribution < -0.4 is 4.89 Å². The summed E-state index contributed by atoms with van der Waals surface area (Å²) in [6.45, 7) is 4.13. The van der Waals surface area contributed by atoms with Crippen LogP contribution in [-0.4, -0.2) is 70.0 Å². The van der Waals surface area contributed by atoms with Crippen LogP contribution in [-0.2, 0) is 32.7 Å². The highest BCUT2D eigenvalue weighted by Gasteiger charge is 2.22. The van der Waals surface area contributed by atoms with E-state index in [1.807, 2.05) is 21.1 Å². The Hall–Kier alpha value is -3.33. The molecular formula is C72H126NO8P. The Bertz CT molecular complexity index is 1750. The standard InChI is InChI=1S/C72H126NO8P/c1-6-8-10-12-14-16-18-20-22-24-26-28-30-32-34-35-36-37-39-41-43-45-47-49-51-53-55-57-59-61-63-65-72(75)81-70(69-80-82(76,77)79-67-66-73(3,4)5)68-78-71(74)64-62-60-58-56-54-52-50-48-46-44-42-40-38-33-31-29-27-25-23-21-19-17-15-13-11-9-7-2/h8,10,14,16,20,22,25-28,32,34,36-37,41,43,47,49,70H,6-7,9,11-13,15,17-19,21,23-24,29-31,33,35,38-40,42,44-46,48,50-69H2,1-5H3/b10-8-,16-14-,22-20-,27-25-,28-26-,34-32-,37-36-,43-41-,49-47-. The third-order valence-electron chi connectivity index (χ3n) is 14.3. The lowest BCUT2D eigenvalue weighted by molar-refractivity contribution is -0.870. The van der Waals surface area contributed by atoms with Gasteiger partial charge >= 0.3 is 11.9 Å². The molecule has 0 saturated heterocycles. The zero-order valence-corrected chi connectivity index (χ0v) is 54.6. The van der Waals surface area contributed by atoms with Crippen molar-refractivity contribution in [2.45, 2.75) is 290 Å². The van der Waals surface area contributed by atoms with Gasteiger partial charge in [0.25, 0.3) is 7.82 Å². The van der Waals surface area contributed by atoms with Gasteiger partial charge in [-0.25, -0.2) is 0 Å². The molecular weight excluding hydrogens is 1040 g/mol. The fraction of sp³-hybridized carbons (Fsp3) is 0.722. The fourth-order valence-electron chi connectivity index (χ4n) is 9.14. The molecule has 0 aromatic heterocycles. The number of esters is 2. The van der Waals surface area contributed by atoms with Crippen molar-refractivity contribution in [2.24, 2.45) is 0 Å². The molecule has 0 aromatic rings. The van der Waals surface area contributed by atoms with Crippen molar-refractivity contribution >= 4 is 19.8 Å². The largest absolute Gasteiger partial charge is 0.756 e. The zero-order valence-electron chi connectivity index (χ0n) is 53.7. The van der Waals surface area contributed by atoms with E-state index in [0.29, 0.717) is 17.4 Å². The lowest BCUT2D eigenvalue weighted by atomic mass is 10.0. The monoisotopic (exact) mass is 1160 g/mol. The molecule has 0 fully saturated rings. The molecule has 0 aromatic carbocycles. The lowest BCUT2D eigenvalue weighted by Crippen LogP contribution is -2.37. The summed E-state index contributed by atoms with van der Waals surface area (Å²) in [6, 6.07) is 0. The molecule has 10 heteroatoms. The van der Waals surface area contributed by atoms with Crippen LogP contribution in [0.5, 0.6) is 0 Å². The summed E-state index contributed by atoms with van der Waals surface area (Å²) in [5, 5.41) is 0. The molecule has 2 unspecified atom stereocenters.